The summed E-state index contributed by atoms with van der Waals surface area (Å²) in [4.78, 5) is 16.7. The number of alkyl halides is 3. The molecule has 1 aliphatic rings. The molecule has 0 aliphatic heterocycles. The first-order chi connectivity index (χ1) is 13.3. The Morgan fingerprint density at radius 2 is 2.18 bits per heavy atom. The number of carbonyl (C=O) groups excluding carboxylic acids is 1. The molecule has 0 bridgehead atoms. The lowest BCUT2D eigenvalue weighted by Crippen LogP contribution is -2.16. The van der Waals surface area contributed by atoms with E-state index in [2.05, 4.69) is 23.3 Å². The van der Waals surface area contributed by atoms with Crippen molar-refractivity contribution < 1.29 is 18.0 Å². The van der Waals surface area contributed by atoms with Gasteiger partial charge in [0.2, 0.25) is 5.91 Å². The number of amides is 1. The quantitative estimate of drug-likeness (QED) is 0.740. The number of aromatic nitrogens is 1. The second-order valence-electron chi connectivity index (χ2n) is 6.82. The van der Waals surface area contributed by atoms with Gasteiger partial charge in [-0.1, -0.05) is 24.8 Å². The van der Waals surface area contributed by atoms with Gasteiger partial charge in [0, 0.05) is 11.4 Å². The first kappa shape index (κ1) is 20.2. The standard InChI is InChI=1S/C20H18F3N3OS/c1-12-5-6-17-13(7-12)8-14(10-24)19(26-17)28-11-18(27)25-16-4-2-3-15(9-16)20(21,22)23/h2-4,8-9,12H,5-7,11H2,1H3,(H,25,27). The number of rotatable bonds is 4. The van der Waals surface area contributed by atoms with Crippen molar-refractivity contribution in [3.63, 3.8) is 0 Å². The molecule has 0 saturated heterocycles. The molecular formula is C20H18F3N3OS. The Bertz CT molecular complexity index is 937. The number of nitriles is 1. The largest absolute Gasteiger partial charge is 0.416 e. The monoisotopic (exact) mass is 405 g/mol. The highest BCUT2D eigenvalue weighted by Gasteiger charge is 2.30. The molecule has 1 amide bonds. The van der Waals surface area contributed by atoms with Crippen molar-refractivity contribution in [3.05, 3.63) is 52.7 Å². The lowest BCUT2D eigenvalue weighted by atomic mass is 9.87. The van der Waals surface area contributed by atoms with E-state index in [4.69, 9.17) is 0 Å². The number of aryl methyl sites for hydroxylation is 1. The van der Waals surface area contributed by atoms with Gasteiger partial charge in [0.05, 0.1) is 16.9 Å². The Kier molecular flexibility index (Phi) is 5.94. The van der Waals surface area contributed by atoms with Crippen LogP contribution >= 0.6 is 11.8 Å². The summed E-state index contributed by atoms with van der Waals surface area (Å²) in [5.41, 5.74) is 1.71. The summed E-state index contributed by atoms with van der Waals surface area (Å²) >= 11 is 1.11. The van der Waals surface area contributed by atoms with Gasteiger partial charge in [0.1, 0.15) is 11.1 Å². The second-order valence-corrected chi connectivity index (χ2v) is 7.79. The van der Waals surface area contributed by atoms with Crippen LogP contribution in [0.15, 0.2) is 35.4 Å². The average molecular weight is 405 g/mol. The molecule has 3 rings (SSSR count). The summed E-state index contributed by atoms with van der Waals surface area (Å²) in [5.74, 6) is 0.0477. The molecule has 146 valence electrons. The molecule has 28 heavy (non-hydrogen) atoms. The molecule has 0 saturated carbocycles. The van der Waals surface area contributed by atoms with Crippen molar-refractivity contribution in [3.8, 4) is 6.07 Å². The molecular weight excluding hydrogens is 387 g/mol. The molecule has 0 radical (unpaired) electrons. The molecule has 0 fully saturated rings. The number of anilines is 1. The normalized spacial score (nSPS) is 16.2. The molecule has 1 aromatic carbocycles. The fraction of sp³-hybridized carbons (Fsp3) is 0.350. The van der Waals surface area contributed by atoms with Crippen LogP contribution < -0.4 is 5.32 Å². The van der Waals surface area contributed by atoms with E-state index in [0.717, 1.165) is 54.4 Å². The molecule has 0 spiro atoms. The van der Waals surface area contributed by atoms with Crippen LogP contribution in [0.25, 0.3) is 0 Å². The van der Waals surface area contributed by atoms with E-state index in [1.807, 2.05) is 6.07 Å². The highest BCUT2D eigenvalue weighted by molar-refractivity contribution is 8.00. The molecule has 4 nitrogen and oxygen atoms in total. The lowest BCUT2D eigenvalue weighted by Gasteiger charge is -2.21. The maximum Gasteiger partial charge on any atom is 0.416 e. The van der Waals surface area contributed by atoms with E-state index < -0.39 is 17.6 Å². The van der Waals surface area contributed by atoms with Crippen molar-refractivity contribution >= 4 is 23.4 Å². The first-order valence-corrected chi connectivity index (χ1v) is 9.77. The van der Waals surface area contributed by atoms with Gasteiger partial charge in [-0.25, -0.2) is 4.98 Å². The van der Waals surface area contributed by atoms with Crippen molar-refractivity contribution in [1.29, 1.82) is 5.26 Å². The average Bonchev–Trinajstić information content (AvgIpc) is 2.65. The van der Waals surface area contributed by atoms with Crippen LogP contribution in [0.2, 0.25) is 0 Å². The van der Waals surface area contributed by atoms with E-state index in [-0.39, 0.29) is 11.4 Å². The Balaban J connectivity index is 1.67. The zero-order chi connectivity index (χ0) is 20.3. The highest BCUT2D eigenvalue weighted by Crippen LogP contribution is 2.31. The highest BCUT2D eigenvalue weighted by atomic mass is 32.2. The van der Waals surface area contributed by atoms with Crippen molar-refractivity contribution in [2.24, 2.45) is 5.92 Å². The van der Waals surface area contributed by atoms with Crippen LogP contribution in [0.5, 0.6) is 0 Å². The molecule has 1 aromatic heterocycles. The van der Waals surface area contributed by atoms with Crippen molar-refractivity contribution in [1.82, 2.24) is 4.98 Å². The Labute approximate surface area is 165 Å². The van der Waals surface area contributed by atoms with E-state index in [1.54, 1.807) is 0 Å². The van der Waals surface area contributed by atoms with Crippen LogP contribution in [-0.4, -0.2) is 16.6 Å². The maximum absolute atomic E-state index is 12.8. The van der Waals surface area contributed by atoms with Gasteiger partial charge in [-0.2, -0.15) is 18.4 Å². The number of nitrogens with one attached hydrogen (secondary N) is 1. The van der Waals surface area contributed by atoms with Crippen LogP contribution in [0, 0.1) is 17.2 Å². The van der Waals surface area contributed by atoms with Crippen LogP contribution in [0.4, 0.5) is 18.9 Å². The third kappa shape index (κ3) is 4.84. The van der Waals surface area contributed by atoms with Crippen LogP contribution in [-0.2, 0) is 23.8 Å². The Morgan fingerprint density at radius 3 is 2.89 bits per heavy atom. The van der Waals surface area contributed by atoms with Gasteiger partial charge >= 0.3 is 6.18 Å². The summed E-state index contributed by atoms with van der Waals surface area (Å²) in [6, 6.07) is 8.43. The number of fused-ring (bicyclic) bond motifs is 1. The number of nitrogens with zero attached hydrogens (tertiary/aromatic N) is 2. The van der Waals surface area contributed by atoms with E-state index in [0.29, 0.717) is 16.5 Å². The fourth-order valence-electron chi connectivity index (χ4n) is 3.12. The van der Waals surface area contributed by atoms with E-state index in [9.17, 15) is 23.2 Å². The van der Waals surface area contributed by atoms with Gasteiger partial charge in [-0.15, -0.1) is 0 Å². The first-order valence-electron chi connectivity index (χ1n) is 8.79. The lowest BCUT2D eigenvalue weighted by molar-refractivity contribution is -0.137. The van der Waals surface area contributed by atoms with Gasteiger partial charge < -0.3 is 5.32 Å². The molecule has 1 unspecified atom stereocenters. The minimum Gasteiger partial charge on any atom is -0.325 e. The minimum absolute atomic E-state index is 0.0485. The molecule has 1 atom stereocenters. The predicted molar refractivity (Wildman–Crippen MR) is 101 cm³/mol. The van der Waals surface area contributed by atoms with Gasteiger partial charge in [-0.05, 0) is 55.0 Å². The minimum atomic E-state index is -4.47. The van der Waals surface area contributed by atoms with Crippen LogP contribution in [0.1, 0.15) is 35.7 Å². The summed E-state index contributed by atoms with van der Waals surface area (Å²) < 4.78 is 38.3. The van der Waals surface area contributed by atoms with Crippen molar-refractivity contribution in [2.75, 3.05) is 11.1 Å². The van der Waals surface area contributed by atoms with Gasteiger partial charge in [0.25, 0.3) is 0 Å². The number of pyridine rings is 1. The molecule has 1 N–H and O–H groups in total. The molecule has 8 heteroatoms. The number of hydrogen-bond donors (Lipinski definition) is 1. The zero-order valence-corrected chi connectivity index (χ0v) is 16.0. The topological polar surface area (TPSA) is 65.8 Å². The molecule has 1 aliphatic carbocycles. The van der Waals surface area contributed by atoms with Crippen molar-refractivity contribution in [2.45, 2.75) is 37.4 Å². The van der Waals surface area contributed by atoms with Gasteiger partial charge in [-0.3, -0.25) is 4.79 Å². The SMILES string of the molecule is CC1CCc2nc(SCC(=O)Nc3cccc(C(F)(F)F)c3)c(C#N)cc2C1. The number of thioether (sulfide) groups is 1. The smallest absolute Gasteiger partial charge is 0.325 e. The number of benzene rings is 1. The Hall–Kier alpha value is -2.53. The molecule has 2 aromatic rings. The second kappa shape index (κ2) is 8.23. The van der Waals surface area contributed by atoms with Crippen LogP contribution in [0.3, 0.4) is 0 Å². The summed E-state index contributed by atoms with van der Waals surface area (Å²) in [6.45, 7) is 2.16. The predicted octanol–water partition coefficient (Wildman–Crippen LogP) is 4.83. The summed E-state index contributed by atoms with van der Waals surface area (Å²) in [5, 5.41) is 12.3. The van der Waals surface area contributed by atoms with E-state index >= 15 is 0 Å². The maximum atomic E-state index is 12.8. The number of carbonyl (C=O) groups is 1. The van der Waals surface area contributed by atoms with E-state index in [1.165, 1.54) is 12.1 Å². The Morgan fingerprint density at radius 1 is 1.39 bits per heavy atom. The summed E-state index contributed by atoms with van der Waals surface area (Å²) in [6.07, 6.45) is -1.71. The third-order valence-electron chi connectivity index (χ3n) is 4.53. The number of halogens is 3. The fourth-order valence-corrected chi connectivity index (χ4v) is 3.90. The van der Waals surface area contributed by atoms with Gasteiger partial charge in [0.15, 0.2) is 0 Å². The number of hydrogen-bond acceptors (Lipinski definition) is 4. The zero-order valence-electron chi connectivity index (χ0n) is 15.1. The molecule has 1 heterocycles. The third-order valence-corrected chi connectivity index (χ3v) is 5.52. The summed E-state index contributed by atoms with van der Waals surface area (Å²) in [7, 11) is 0.